The molecule has 1 aromatic heterocycles. The van der Waals surface area contributed by atoms with Crippen LogP contribution in [-0.2, 0) is 6.54 Å². The summed E-state index contributed by atoms with van der Waals surface area (Å²) in [6.45, 7) is 0.434. The van der Waals surface area contributed by atoms with Crippen molar-refractivity contribution in [1.29, 1.82) is 0 Å². The first-order valence-electron chi connectivity index (χ1n) is 7.88. The fourth-order valence-corrected chi connectivity index (χ4v) is 2.45. The summed E-state index contributed by atoms with van der Waals surface area (Å²) < 4.78 is 14.9. The summed E-state index contributed by atoms with van der Waals surface area (Å²) in [5.41, 5.74) is 2.31. The number of halogens is 1. The first-order chi connectivity index (χ1) is 12.0. The lowest BCUT2D eigenvalue weighted by Gasteiger charge is -2.13. The number of nitrogens with one attached hydrogen (secondary N) is 1. The molecule has 1 amide bonds. The predicted octanol–water partition coefficient (Wildman–Crippen LogP) is 3.39. The highest BCUT2D eigenvalue weighted by molar-refractivity contribution is 6.04. The molecule has 0 aliphatic rings. The van der Waals surface area contributed by atoms with Crippen molar-refractivity contribution in [3.63, 3.8) is 0 Å². The van der Waals surface area contributed by atoms with Gasteiger partial charge in [-0.1, -0.05) is 18.2 Å². The molecule has 0 aliphatic heterocycles. The van der Waals surface area contributed by atoms with Gasteiger partial charge in [0.05, 0.1) is 6.54 Å². The molecule has 3 aromatic rings. The predicted molar refractivity (Wildman–Crippen MR) is 96.5 cm³/mol. The van der Waals surface area contributed by atoms with Crippen molar-refractivity contribution in [2.75, 3.05) is 24.3 Å². The number of anilines is 2. The van der Waals surface area contributed by atoms with Crippen LogP contribution in [0.1, 0.15) is 15.9 Å². The molecule has 6 heteroatoms. The van der Waals surface area contributed by atoms with Crippen molar-refractivity contribution >= 4 is 17.4 Å². The molecule has 0 unspecified atom stereocenters. The van der Waals surface area contributed by atoms with Crippen LogP contribution in [0.4, 0.5) is 15.9 Å². The number of carbonyl (C=O) groups is 1. The SMILES string of the molecule is CN(C)c1cccc(C(=O)Nc2ccn(Cc3cccc(F)c3)n2)c1. The van der Waals surface area contributed by atoms with Crippen molar-refractivity contribution in [2.24, 2.45) is 0 Å². The molecule has 0 bridgehead atoms. The Kier molecular flexibility index (Phi) is 4.79. The molecule has 3 rings (SSSR count). The Morgan fingerprint density at radius 1 is 1.16 bits per heavy atom. The Morgan fingerprint density at radius 3 is 2.72 bits per heavy atom. The fraction of sp³-hybridized carbons (Fsp3) is 0.158. The number of rotatable bonds is 5. The smallest absolute Gasteiger partial charge is 0.256 e. The summed E-state index contributed by atoms with van der Waals surface area (Å²) in [7, 11) is 3.84. The number of amides is 1. The quantitative estimate of drug-likeness (QED) is 0.776. The molecule has 0 atom stereocenters. The molecule has 2 aromatic carbocycles. The first-order valence-corrected chi connectivity index (χ1v) is 7.88. The second-order valence-corrected chi connectivity index (χ2v) is 5.93. The fourth-order valence-electron chi connectivity index (χ4n) is 2.45. The minimum absolute atomic E-state index is 0.222. The number of benzene rings is 2. The number of nitrogens with zero attached hydrogens (tertiary/aromatic N) is 3. The van der Waals surface area contributed by atoms with Gasteiger partial charge in [-0.2, -0.15) is 5.10 Å². The van der Waals surface area contributed by atoms with Crippen molar-refractivity contribution in [2.45, 2.75) is 6.54 Å². The van der Waals surface area contributed by atoms with Gasteiger partial charge < -0.3 is 10.2 Å². The van der Waals surface area contributed by atoms with Crippen LogP contribution in [0.2, 0.25) is 0 Å². The van der Waals surface area contributed by atoms with Gasteiger partial charge in [0, 0.05) is 37.6 Å². The second-order valence-electron chi connectivity index (χ2n) is 5.93. The molecule has 25 heavy (non-hydrogen) atoms. The largest absolute Gasteiger partial charge is 0.378 e. The number of carbonyl (C=O) groups excluding carboxylic acids is 1. The average Bonchev–Trinajstić information content (AvgIpc) is 3.02. The molecule has 0 saturated carbocycles. The molecular weight excluding hydrogens is 319 g/mol. The van der Waals surface area contributed by atoms with Crippen molar-refractivity contribution < 1.29 is 9.18 Å². The molecule has 1 heterocycles. The van der Waals surface area contributed by atoms with Gasteiger partial charge in [0.25, 0.3) is 5.91 Å². The molecule has 5 nitrogen and oxygen atoms in total. The third-order valence-electron chi connectivity index (χ3n) is 3.74. The zero-order chi connectivity index (χ0) is 17.8. The van der Waals surface area contributed by atoms with Gasteiger partial charge >= 0.3 is 0 Å². The first kappa shape index (κ1) is 16.7. The van der Waals surface area contributed by atoms with E-state index in [4.69, 9.17) is 0 Å². The minimum Gasteiger partial charge on any atom is -0.378 e. The van der Waals surface area contributed by atoms with Gasteiger partial charge in [-0.3, -0.25) is 9.48 Å². The van der Waals surface area contributed by atoms with E-state index in [0.29, 0.717) is 17.9 Å². The van der Waals surface area contributed by atoms with E-state index in [9.17, 15) is 9.18 Å². The highest BCUT2D eigenvalue weighted by Crippen LogP contribution is 2.15. The van der Waals surface area contributed by atoms with E-state index in [1.54, 1.807) is 29.1 Å². The summed E-state index contributed by atoms with van der Waals surface area (Å²) >= 11 is 0. The summed E-state index contributed by atoms with van der Waals surface area (Å²) in [6, 6.07) is 15.4. The van der Waals surface area contributed by atoms with Gasteiger partial charge in [-0.25, -0.2) is 4.39 Å². The van der Waals surface area contributed by atoms with E-state index in [0.717, 1.165) is 11.3 Å². The van der Waals surface area contributed by atoms with Gasteiger partial charge in [0.1, 0.15) is 5.82 Å². The van der Waals surface area contributed by atoms with Crippen molar-refractivity contribution in [1.82, 2.24) is 9.78 Å². The second kappa shape index (κ2) is 7.17. The lowest BCUT2D eigenvalue weighted by Crippen LogP contribution is -2.14. The van der Waals surface area contributed by atoms with Crippen molar-refractivity contribution in [3.05, 3.63) is 77.7 Å². The maximum atomic E-state index is 13.2. The maximum absolute atomic E-state index is 13.2. The maximum Gasteiger partial charge on any atom is 0.256 e. The number of aromatic nitrogens is 2. The van der Waals surface area contributed by atoms with Gasteiger partial charge in [-0.05, 0) is 35.9 Å². The highest BCUT2D eigenvalue weighted by atomic mass is 19.1. The zero-order valence-corrected chi connectivity index (χ0v) is 14.1. The van der Waals surface area contributed by atoms with E-state index in [1.165, 1.54) is 12.1 Å². The minimum atomic E-state index is -0.279. The average molecular weight is 338 g/mol. The monoisotopic (exact) mass is 338 g/mol. The standard InChI is InChI=1S/C19H19FN4O/c1-23(2)17-8-4-6-15(12-17)19(25)21-18-9-10-24(22-18)13-14-5-3-7-16(20)11-14/h3-12H,13H2,1-2H3,(H,21,22,25). The molecule has 0 spiro atoms. The molecule has 0 aliphatic carbocycles. The third-order valence-corrected chi connectivity index (χ3v) is 3.74. The molecule has 0 fully saturated rings. The van der Waals surface area contributed by atoms with Crippen LogP contribution < -0.4 is 10.2 Å². The summed E-state index contributed by atoms with van der Waals surface area (Å²) in [5, 5.41) is 7.09. The lowest BCUT2D eigenvalue weighted by atomic mass is 10.2. The summed E-state index contributed by atoms with van der Waals surface area (Å²) in [4.78, 5) is 14.3. The molecule has 1 N–H and O–H groups in total. The zero-order valence-electron chi connectivity index (χ0n) is 14.1. The van der Waals surface area contributed by atoms with E-state index in [1.807, 2.05) is 43.3 Å². The Bertz CT molecular complexity index is 888. The van der Waals surface area contributed by atoms with Crippen molar-refractivity contribution in [3.8, 4) is 0 Å². The molecule has 0 saturated heterocycles. The number of hydrogen-bond donors (Lipinski definition) is 1. The van der Waals surface area contributed by atoms with Crippen LogP contribution in [0, 0.1) is 5.82 Å². The molecule has 0 radical (unpaired) electrons. The Balaban J connectivity index is 1.68. The Labute approximate surface area is 145 Å². The van der Waals surface area contributed by atoms with Gasteiger partial charge in [0.2, 0.25) is 0 Å². The van der Waals surface area contributed by atoms with E-state index in [2.05, 4.69) is 10.4 Å². The van der Waals surface area contributed by atoms with Crippen LogP contribution in [-0.4, -0.2) is 29.8 Å². The van der Waals surface area contributed by atoms with Crippen LogP contribution in [0.3, 0.4) is 0 Å². The van der Waals surface area contributed by atoms with E-state index in [-0.39, 0.29) is 11.7 Å². The topological polar surface area (TPSA) is 50.2 Å². The van der Waals surface area contributed by atoms with Crippen LogP contribution >= 0.6 is 0 Å². The normalized spacial score (nSPS) is 10.5. The van der Waals surface area contributed by atoms with E-state index < -0.39 is 0 Å². The summed E-state index contributed by atoms with van der Waals surface area (Å²) in [6.07, 6.45) is 1.75. The van der Waals surface area contributed by atoms with Crippen LogP contribution in [0.25, 0.3) is 0 Å². The molecule has 128 valence electrons. The Morgan fingerprint density at radius 2 is 1.96 bits per heavy atom. The molecular formula is C19H19FN4O. The number of hydrogen-bond acceptors (Lipinski definition) is 3. The highest BCUT2D eigenvalue weighted by Gasteiger charge is 2.09. The lowest BCUT2D eigenvalue weighted by molar-refractivity contribution is 0.102. The third kappa shape index (κ3) is 4.23. The van der Waals surface area contributed by atoms with Crippen LogP contribution in [0.15, 0.2) is 60.8 Å². The van der Waals surface area contributed by atoms with Gasteiger partial charge in [-0.15, -0.1) is 0 Å². The summed E-state index contributed by atoms with van der Waals surface area (Å²) in [5.74, 6) is -0.0460. The van der Waals surface area contributed by atoms with Crippen LogP contribution in [0.5, 0.6) is 0 Å². The van der Waals surface area contributed by atoms with Gasteiger partial charge in [0.15, 0.2) is 5.82 Å². The Hall–Kier alpha value is -3.15. The van der Waals surface area contributed by atoms with E-state index >= 15 is 0 Å².